The van der Waals surface area contributed by atoms with Gasteiger partial charge in [-0.3, -0.25) is 4.79 Å². The standard InChI is InChI=1S/C22H26BrNO3/c1-13-14(2)21(27)19(15(3)20(13)26)22(4,5)11-18(25)24(6)17-9-7-16(12-23)8-10-17/h7-10,26-27H,2-3,11-12H2,1,4-6H3. The Morgan fingerprint density at radius 1 is 1.11 bits per heavy atom. The van der Waals surface area contributed by atoms with E-state index >= 15 is 0 Å². The highest BCUT2D eigenvalue weighted by atomic mass is 79.9. The highest BCUT2D eigenvalue weighted by Gasteiger charge is 2.31. The zero-order chi connectivity index (χ0) is 20.5. The third-order valence-corrected chi connectivity index (χ3v) is 5.69. The number of carbonyl (C=O) groups is 1. The first-order chi connectivity index (χ1) is 12.5. The summed E-state index contributed by atoms with van der Waals surface area (Å²) in [5, 5.41) is 22.4. The molecule has 0 aliphatic carbocycles. The van der Waals surface area contributed by atoms with Gasteiger partial charge < -0.3 is 15.1 Å². The number of phenolic OH excluding ortho intramolecular Hbond substituents is 2. The summed E-state index contributed by atoms with van der Waals surface area (Å²) >= 11 is 3.41. The summed E-state index contributed by atoms with van der Waals surface area (Å²) in [4.78, 5) is 14.5. The first-order valence-corrected chi connectivity index (χ1v) is 9.77. The smallest absolute Gasteiger partial charge is 0.227 e. The van der Waals surface area contributed by atoms with E-state index in [1.165, 1.54) is 0 Å². The van der Waals surface area contributed by atoms with E-state index in [0.29, 0.717) is 21.6 Å². The number of hydrogen-bond donors (Lipinski definition) is 2. The van der Waals surface area contributed by atoms with Gasteiger partial charge in [-0.05, 0) is 24.6 Å². The van der Waals surface area contributed by atoms with Crippen molar-refractivity contribution in [2.45, 2.75) is 37.9 Å². The molecule has 0 atom stereocenters. The van der Waals surface area contributed by atoms with Crippen LogP contribution in [0.5, 0.6) is 11.5 Å². The summed E-state index contributed by atoms with van der Waals surface area (Å²) in [7, 11) is 1.73. The molecule has 0 bridgehead atoms. The van der Waals surface area contributed by atoms with E-state index in [9.17, 15) is 15.0 Å². The molecule has 2 aromatic rings. The normalized spacial score (nSPS) is 11.4. The summed E-state index contributed by atoms with van der Waals surface area (Å²) in [6, 6.07) is 7.73. The van der Waals surface area contributed by atoms with E-state index in [0.717, 1.165) is 16.6 Å². The van der Waals surface area contributed by atoms with Gasteiger partial charge in [-0.2, -0.15) is 0 Å². The van der Waals surface area contributed by atoms with Crippen molar-refractivity contribution in [3.05, 3.63) is 51.4 Å². The molecule has 144 valence electrons. The molecule has 0 saturated heterocycles. The topological polar surface area (TPSA) is 60.8 Å². The van der Waals surface area contributed by atoms with Crippen molar-refractivity contribution in [2.24, 2.45) is 0 Å². The molecule has 0 spiro atoms. The molecule has 0 aromatic heterocycles. The lowest BCUT2D eigenvalue weighted by Gasteiger charge is -2.29. The molecule has 2 N–H and O–H groups in total. The average molecular weight is 432 g/mol. The maximum absolute atomic E-state index is 12.9. The number of anilines is 1. The fourth-order valence-electron chi connectivity index (χ4n) is 3.23. The number of rotatable bonds is 5. The number of aromatic hydroxyl groups is 2. The Hall–Kier alpha value is -2.27. The molecule has 1 amide bonds. The van der Waals surface area contributed by atoms with E-state index in [4.69, 9.17) is 0 Å². The molecule has 0 radical (unpaired) electrons. The van der Waals surface area contributed by atoms with Crippen LogP contribution in [-0.4, -0.2) is 23.2 Å². The SMILES string of the molecule is C=c1c(C)c(O)c(=C)c(C(C)(C)CC(=O)N(C)c2ccc(CBr)cc2)c1O. The number of nitrogens with zero attached hydrogens (tertiary/aromatic N) is 1. The maximum Gasteiger partial charge on any atom is 0.227 e. The third-order valence-electron chi connectivity index (χ3n) is 5.04. The van der Waals surface area contributed by atoms with Crippen molar-refractivity contribution in [1.82, 2.24) is 0 Å². The van der Waals surface area contributed by atoms with E-state index < -0.39 is 5.41 Å². The third kappa shape index (κ3) is 4.03. The van der Waals surface area contributed by atoms with Crippen molar-refractivity contribution >= 4 is 40.7 Å². The molecule has 2 aromatic carbocycles. The van der Waals surface area contributed by atoms with Crippen LogP contribution in [0, 0.1) is 6.92 Å². The van der Waals surface area contributed by atoms with Crippen LogP contribution in [-0.2, 0) is 15.5 Å². The number of alkyl halides is 1. The average Bonchev–Trinajstić information content (AvgIpc) is 2.63. The Morgan fingerprint density at radius 3 is 2.19 bits per heavy atom. The molecular weight excluding hydrogens is 406 g/mol. The first-order valence-electron chi connectivity index (χ1n) is 8.65. The minimum atomic E-state index is -0.736. The molecule has 27 heavy (non-hydrogen) atoms. The van der Waals surface area contributed by atoms with Crippen LogP contribution in [0.2, 0.25) is 0 Å². The van der Waals surface area contributed by atoms with Crippen molar-refractivity contribution in [2.75, 3.05) is 11.9 Å². The van der Waals surface area contributed by atoms with Crippen LogP contribution >= 0.6 is 15.9 Å². The Labute approximate surface area is 168 Å². The predicted octanol–water partition coefficient (Wildman–Crippen LogP) is 3.45. The van der Waals surface area contributed by atoms with Crippen LogP contribution in [0.4, 0.5) is 5.69 Å². The van der Waals surface area contributed by atoms with E-state index in [1.807, 2.05) is 38.1 Å². The van der Waals surface area contributed by atoms with E-state index in [1.54, 1.807) is 18.9 Å². The lowest BCUT2D eigenvalue weighted by Crippen LogP contribution is -2.36. The van der Waals surface area contributed by atoms with Gasteiger partial charge in [-0.1, -0.05) is 55.1 Å². The minimum absolute atomic E-state index is 0.00652. The highest BCUT2D eigenvalue weighted by Crippen LogP contribution is 2.32. The lowest BCUT2D eigenvalue weighted by molar-refractivity contribution is -0.119. The molecule has 2 rings (SSSR count). The van der Waals surface area contributed by atoms with Crippen molar-refractivity contribution in [3.63, 3.8) is 0 Å². The van der Waals surface area contributed by atoms with Crippen LogP contribution in [0.1, 0.15) is 37.0 Å². The number of amides is 1. The quantitative estimate of drug-likeness (QED) is 0.562. The van der Waals surface area contributed by atoms with Gasteiger partial charge in [0.15, 0.2) is 0 Å². The Bertz CT molecular complexity index is 965. The Morgan fingerprint density at radius 2 is 1.67 bits per heavy atom. The molecular formula is C22H26BrNO3. The van der Waals surface area contributed by atoms with Crippen LogP contribution in [0.3, 0.4) is 0 Å². The molecule has 0 fully saturated rings. The Kier molecular flexibility index (Phi) is 6.05. The second-order valence-corrected chi connectivity index (χ2v) is 8.03. The van der Waals surface area contributed by atoms with Gasteiger partial charge in [-0.15, -0.1) is 0 Å². The second-order valence-electron chi connectivity index (χ2n) is 7.47. The molecule has 0 aliphatic rings. The van der Waals surface area contributed by atoms with Gasteiger partial charge in [0.1, 0.15) is 11.5 Å². The van der Waals surface area contributed by atoms with Gasteiger partial charge in [0.25, 0.3) is 0 Å². The Balaban J connectivity index is 2.37. The number of hydrogen-bond acceptors (Lipinski definition) is 3. The van der Waals surface area contributed by atoms with E-state index in [-0.39, 0.29) is 23.8 Å². The monoisotopic (exact) mass is 431 g/mol. The largest absolute Gasteiger partial charge is 0.507 e. The van der Waals surface area contributed by atoms with Crippen LogP contribution < -0.4 is 15.3 Å². The molecule has 0 unspecified atom stereocenters. The number of halogens is 1. The molecule has 4 nitrogen and oxygen atoms in total. The summed E-state index contributed by atoms with van der Waals surface area (Å²) < 4.78 is 0. The van der Waals surface area contributed by atoms with Gasteiger partial charge in [0.2, 0.25) is 5.91 Å². The van der Waals surface area contributed by atoms with Gasteiger partial charge in [-0.25, -0.2) is 0 Å². The minimum Gasteiger partial charge on any atom is -0.507 e. The molecule has 0 saturated carbocycles. The van der Waals surface area contributed by atoms with Gasteiger partial charge in [0, 0.05) is 51.5 Å². The fraction of sp³-hybridized carbons (Fsp3) is 0.318. The zero-order valence-electron chi connectivity index (χ0n) is 16.3. The molecule has 0 heterocycles. The number of phenols is 2. The number of benzene rings is 2. The highest BCUT2D eigenvalue weighted by molar-refractivity contribution is 9.08. The van der Waals surface area contributed by atoms with Crippen LogP contribution in [0.15, 0.2) is 24.3 Å². The first kappa shape index (κ1) is 21.0. The predicted molar refractivity (Wildman–Crippen MR) is 115 cm³/mol. The second kappa shape index (κ2) is 7.77. The lowest BCUT2D eigenvalue weighted by atomic mass is 9.78. The van der Waals surface area contributed by atoms with Gasteiger partial charge >= 0.3 is 0 Å². The molecule has 5 heteroatoms. The molecule has 0 aliphatic heterocycles. The fourth-order valence-corrected chi connectivity index (χ4v) is 3.60. The van der Waals surface area contributed by atoms with Crippen LogP contribution in [0.25, 0.3) is 13.2 Å². The van der Waals surface area contributed by atoms with Crippen molar-refractivity contribution in [1.29, 1.82) is 0 Å². The summed E-state index contributed by atoms with van der Waals surface area (Å²) in [5.41, 5.74) is 2.13. The summed E-state index contributed by atoms with van der Waals surface area (Å²) in [6.45, 7) is 13.1. The van der Waals surface area contributed by atoms with Gasteiger partial charge in [0.05, 0.1) is 0 Å². The summed E-state index contributed by atoms with van der Waals surface area (Å²) in [5.74, 6) is -0.111. The van der Waals surface area contributed by atoms with Crippen molar-refractivity contribution in [3.8, 4) is 11.5 Å². The van der Waals surface area contributed by atoms with Crippen molar-refractivity contribution < 1.29 is 15.0 Å². The summed E-state index contributed by atoms with van der Waals surface area (Å²) in [6.07, 6.45) is 0.141. The van der Waals surface area contributed by atoms with E-state index in [2.05, 4.69) is 29.1 Å². The maximum atomic E-state index is 12.9. The zero-order valence-corrected chi connectivity index (χ0v) is 17.9. The number of carbonyl (C=O) groups excluding carboxylic acids is 1.